The maximum absolute atomic E-state index is 6.85. The molecule has 23 aromatic carbocycles. The molecular formula is C135H90N6O2S4. The molecule has 0 atom stereocenters. The molecule has 0 aliphatic carbocycles. The van der Waals surface area contributed by atoms with E-state index in [4.69, 9.17) is 8.83 Å². The first-order valence-corrected chi connectivity index (χ1v) is 52.8. The van der Waals surface area contributed by atoms with Crippen molar-refractivity contribution >= 4 is 294 Å². The molecule has 0 unspecified atom stereocenters. The van der Waals surface area contributed by atoms with E-state index >= 15 is 0 Å². The lowest BCUT2D eigenvalue weighted by Crippen LogP contribution is -2.10. The van der Waals surface area contributed by atoms with Crippen LogP contribution in [0.1, 0.15) is 5.56 Å². The van der Waals surface area contributed by atoms with Crippen LogP contribution in [0.5, 0.6) is 0 Å². The first kappa shape index (κ1) is 87.8. The fourth-order valence-corrected chi connectivity index (χ4v) is 26.1. The normalized spacial score (nSPS) is 11.6. The second-order valence-electron chi connectivity index (χ2n) is 37.0. The second-order valence-corrected chi connectivity index (χ2v) is 41.3. The number of benzene rings is 23. The highest BCUT2D eigenvalue weighted by atomic mass is 32.1. The average molecular weight is 1960 g/mol. The highest BCUT2D eigenvalue weighted by Crippen LogP contribution is 2.54. The van der Waals surface area contributed by atoms with E-state index in [0.717, 1.165) is 162 Å². The lowest BCUT2D eigenvalue weighted by Gasteiger charge is -2.27. The maximum Gasteiger partial charge on any atom is 0.143 e. The van der Waals surface area contributed by atoms with Crippen LogP contribution in [-0.4, -0.2) is 0 Å². The van der Waals surface area contributed by atoms with E-state index in [2.05, 4.69) is 564 Å². The van der Waals surface area contributed by atoms with Crippen molar-refractivity contribution in [1.29, 1.82) is 0 Å². The third-order valence-corrected chi connectivity index (χ3v) is 32.7. The van der Waals surface area contributed by atoms with Gasteiger partial charge in [-0.1, -0.05) is 273 Å². The van der Waals surface area contributed by atoms with Crippen LogP contribution >= 0.6 is 45.3 Å². The van der Waals surface area contributed by atoms with E-state index in [9.17, 15) is 0 Å². The molecule has 0 spiro atoms. The first-order chi connectivity index (χ1) is 72.8. The number of fused-ring (bicyclic) bond motifs is 22. The topological polar surface area (TPSA) is 45.7 Å². The minimum Gasteiger partial charge on any atom is -0.456 e. The van der Waals surface area contributed by atoms with Crippen molar-refractivity contribution in [3.8, 4) is 0 Å². The molecule has 8 nitrogen and oxygen atoms in total. The number of hydrogen-bond donors (Lipinski definition) is 0. The summed E-state index contributed by atoms with van der Waals surface area (Å²) in [5.41, 5.74) is 24.8. The zero-order valence-electron chi connectivity index (χ0n) is 79.9. The molecule has 0 bridgehead atoms. The van der Waals surface area contributed by atoms with Crippen molar-refractivity contribution in [2.24, 2.45) is 0 Å². The summed E-state index contributed by atoms with van der Waals surface area (Å²) in [5.74, 6) is 0. The standard InChI is InChI=1S/2C46H30N2OS.C43H30N2S2/c1-4-14-31(15-5-1)47(34-25-27-45-40(28-34)38-21-12-13-23-44(38)50-45)35-24-26-37-41-30-42(36-20-10-11-22-39(36)46(41)49-43(37)29-35)48(32-16-6-2-7-17-32)33-18-8-3-9-19-33;1-4-14-31(15-5-1)47(32-16-6-2-7-17-32)34-25-27-42-40(28-34)46-39-22-11-10-20-36(39)41(30-43(46)49-42)48(33-18-8-3-9-19-33)35-24-26-38-37-21-12-13-23-44(37)50-45(38)29-35;1-29-25-35(45(32-17-9-4-10-18-32)33-21-23-40-37(26-33)36-19-11-12-20-39(36)46-40)28-42-43(29)38-27-34(22-24-41(38)47-42)44(30-13-5-2-6-14-30)31-15-7-3-8-16-31/h2*1-30H;2-28H,1H3. The Morgan fingerprint density at radius 2 is 0.435 bits per heavy atom. The molecule has 12 heteroatoms. The number of nitrogens with zero attached hydrogens (tertiary/aromatic N) is 6. The summed E-state index contributed by atoms with van der Waals surface area (Å²) in [6.45, 7) is 2.26. The zero-order valence-corrected chi connectivity index (χ0v) is 83.1. The predicted octanol–water partition coefficient (Wildman–Crippen LogP) is 41.8. The number of rotatable bonds is 18. The van der Waals surface area contributed by atoms with Gasteiger partial charge in [0.1, 0.15) is 22.3 Å². The van der Waals surface area contributed by atoms with Gasteiger partial charge in [-0.2, -0.15) is 0 Å². The average Bonchev–Trinajstić information content (AvgIpc) is 1.62. The molecule has 6 aromatic heterocycles. The van der Waals surface area contributed by atoms with Gasteiger partial charge in [0.25, 0.3) is 0 Å². The Morgan fingerprint density at radius 1 is 0.143 bits per heavy atom. The van der Waals surface area contributed by atoms with Crippen LogP contribution < -0.4 is 29.4 Å². The Balaban J connectivity index is 0.000000109. The van der Waals surface area contributed by atoms with Gasteiger partial charge in [0.2, 0.25) is 0 Å². The van der Waals surface area contributed by atoms with Gasteiger partial charge in [-0.15, -0.1) is 45.3 Å². The molecule has 147 heavy (non-hydrogen) atoms. The van der Waals surface area contributed by atoms with Gasteiger partial charge >= 0.3 is 0 Å². The van der Waals surface area contributed by atoms with Crippen LogP contribution in [0.15, 0.2) is 537 Å². The third-order valence-electron chi connectivity index (χ3n) is 28.1. The highest BCUT2D eigenvalue weighted by molar-refractivity contribution is 7.27. The third kappa shape index (κ3) is 16.1. The minimum atomic E-state index is 0.855. The van der Waals surface area contributed by atoms with Crippen molar-refractivity contribution in [1.82, 2.24) is 0 Å². The highest BCUT2D eigenvalue weighted by Gasteiger charge is 2.28. The largest absolute Gasteiger partial charge is 0.456 e. The molecular weight excluding hydrogens is 1870 g/mol. The molecule has 0 saturated carbocycles. The second kappa shape index (κ2) is 37.6. The van der Waals surface area contributed by atoms with E-state index < -0.39 is 0 Å². The number of furan rings is 2. The van der Waals surface area contributed by atoms with Crippen LogP contribution in [-0.2, 0) is 0 Å². The maximum atomic E-state index is 6.85. The summed E-state index contributed by atoms with van der Waals surface area (Å²) in [6.07, 6.45) is 0. The minimum absolute atomic E-state index is 0.855. The summed E-state index contributed by atoms with van der Waals surface area (Å²) in [4.78, 5) is 14.1. The first-order valence-electron chi connectivity index (χ1n) is 49.5. The fourth-order valence-electron chi connectivity index (χ4n) is 21.6. The Kier molecular flexibility index (Phi) is 22.5. The smallest absolute Gasteiger partial charge is 0.143 e. The van der Waals surface area contributed by atoms with Gasteiger partial charge in [0, 0.05) is 222 Å². The van der Waals surface area contributed by atoms with Crippen molar-refractivity contribution < 1.29 is 8.83 Å². The lowest BCUT2D eigenvalue weighted by molar-refractivity contribution is 0.669. The monoisotopic (exact) mass is 1950 g/mol. The van der Waals surface area contributed by atoms with Gasteiger partial charge < -0.3 is 38.2 Å². The SMILES string of the molecule is Cc1cc(N(c2ccccc2)c2ccc3sc4ccccc4c3c2)cc2sc3ccc(N(c4ccccc4)c4ccccc4)cc3c12.c1ccc(N(c2ccc3c(c2)oc2c4ccccc4c(N(c4ccccc4)c4ccccc4)cc32)c2ccc3sc4ccccc4c3c2)cc1.c1ccc(N(c2ccccc2)c2ccc3oc4cc(N(c5ccccc5)c5ccc6c(c5)sc5ccccc56)c5ccccc5c4c3c2)cc1. The molecule has 0 radical (unpaired) electrons. The Hall–Kier alpha value is -18.1. The molecule has 6 heterocycles. The van der Waals surface area contributed by atoms with Crippen molar-refractivity contribution in [3.63, 3.8) is 0 Å². The molecule has 0 N–H and O–H groups in total. The molecule has 0 aliphatic rings. The number of hydrogen-bond acceptors (Lipinski definition) is 12. The van der Waals surface area contributed by atoms with E-state index in [1.165, 1.54) is 91.9 Å². The van der Waals surface area contributed by atoms with Gasteiger partial charge in [-0.05, 0) is 261 Å². The molecule has 0 aliphatic heterocycles. The fraction of sp³-hybridized carbons (Fsp3) is 0.00741. The van der Waals surface area contributed by atoms with Gasteiger partial charge in [-0.3, -0.25) is 0 Å². The molecule has 0 fully saturated rings. The van der Waals surface area contributed by atoms with Crippen LogP contribution in [0.3, 0.4) is 0 Å². The Bertz CT molecular complexity index is 9880. The van der Waals surface area contributed by atoms with Crippen LogP contribution in [0.25, 0.3) is 146 Å². The van der Waals surface area contributed by atoms with Crippen LogP contribution in [0, 0.1) is 6.92 Å². The van der Waals surface area contributed by atoms with Gasteiger partial charge in [0.05, 0.1) is 11.4 Å². The van der Waals surface area contributed by atoms with Gasteiger partial charge in [0.15, 0.2) is 0 Å². The summed E-state index contributed by atoms with van der Waals surface area (Å²) >= 11 is 7.42. The van der Waals surface area contributed by atoms with Crippen molar-refractivity contribution in [3.05, 3.63) is 533 Å². The van der Waals surface area contributed by atoms with Gasteiger partial charge in [-0.25, -0.2) is 0 Å². The van der Waals surface area contributed by atoms with E-state index in [1.807, 2.05) is 45.3 Å². The lowest BCUT2D eigenvalue weighted by atomic mass is 10.00. The predicted molar refractivity (Wildman–Crippen MR) is 633 cm³/mol. The van der Waals surface area contributed by atoms with E-state index in [0.29, 0.717) is 0 Å². The molecule has 0 amide bonds. The quantitative estimate of drug-likeness (QED) is 0.0842. The number of para-hydroxylation sites is 9. The Labute approximate surface area is 865 Å². The summed E-state index contributed by atoms with van der Waals surface area (Å²) in [6, 6.07) is 189. The summed E-state index contributed by atoms with van der Waals surface area (Å²) in [5, 5.41) is 19.3. The zero-order chi connectivity index (χ0) is 97.4. The molecule has 29 aromatic rings. The number of thiophene rings is 4. The number of anilines is 18. The molecule has 0 saturated heterocycles. The molecule has 696 valence electrons. The number of aryl methyl sites for hydroxylation is 1. The Morgan fingerprint density at radius 3 is 0.898 bits per heavy atom. The van der Waals surface area contributed by atoms with E-state index in [-0.39, 0.29) is 0 Å². The van der Waals surface area contributed by atoms with Crippen molar-refractivity contribution in [2.45, 2.75) is 6.92 Å². The molecule has 29 rings (SSSR count). The summed E-state index contributed by atoms with van der Waals surface area (Å²) in [7, 11) is 0. The van der Waals surface area contributed by atoms with Crippen LogP contribution in [0.2, 0.25) is 0 Å². The van der Waals surface area contributed by atoms with E-state index in [1.54, 1.807) is 0 Å². The van der Waals surface area contributed by atoms with Crippen LogP contribution in [0.4, 0.5) is 102 Å². The van der Waals surface area contributed by atoms with Crippen molar-refractivity contribution in [2.75, 3.05) is 29.4 Å². The summed E-state index contributed by atoms with van der Waals surface area (Å²) < 4.78 is 24.0.